The summed E-state index contributed by atoms with van der Waals surface area (Å²) >= 11 is 6.18. The van der Waals surface area contributed by atoms with Gasteiger partial charge in [0.2, 0.25) is 16.0 Å². The predicted molar refractivity (Wildman–Crippen MR) is 130 cm³/mol. The van der Waals surface area contributed by atoms with Crippen LogP contribution in [-0.2, 0) is 10.0 Å². The smallest absolute Gasteiger partial charge is 0.240 e. The number of aromatic nitrogens is 4. The molecule has 0 unspecified atom stereocenters. The van der Waals surface area contributed by atoms with Crippen LogP contribution >= 0.6 is 11.6 Å². The lowest BCUT2D eigenvalue weighted by molar-refractivity contribution is 0.588. The molecule has 0 atom stereocenters. The van der Waals surface area contributed by atoms with Gasteiger partial charge < -0.3 is 10.6 Å². The molecule has 0 aliphatic carbocycles. The third-order valence-corrected chi connectivity index (χ3v) is 6.71. The summed E-state index contributed by atoms with van der Waals surface area (Å²) in [4.78, 5) is 8.57. The maximum absolute atomic E-state index is 15.0. The standard InChI is InChI=1S/C22H21ClFN7O2S/c1-12-8-19(18(24)10-16(12)14-4-6-15(7-5-14)34(32,33)25-3)27-22-26-11-17(23)21(29-22)28-20-9-13(2)30-31-20/h4-11,25H,1-3H3,(H3,26,27,28,29,30,31). The van der Waals surface area contributed by atoms with Crippen molar-refractivity contribution in [2.45, 2.75) is 18.7 Å². The number of rotatable bonds is 7. The second-order valence-corrected chi connectivity index (χ2v) is 9.75. The molecule has 12 heteroatoms. The molecule has 0 aliphatic heterocycles. The zero-order chi connectivity index (χ0) is 24.5. The summed E-state index contributed by atoms with van der Waals surface area (Å²) in [5.41, 5.74) is 3.13. The van der Waals surface area contributed by atoms with Crippen molar-refractivity contribution in [1.29, 1.82) is 0 Å². The average Bonchev–Trinajstić information content (AvgIpc) is 3.23. The first-order valence-corrected chi connectivity index (χ1v) is 11.9. The lowest BCUT2D eigenvalue weighted by Crippen LogP contribution is -2.18. The summed E-state index contributed by atoms with van der Waals surface area (Å²) in [5, 5.41) is 13.0. The van der Waals surface area contributed by atoms with Crippen molar-refractivity contribution < 1.29 is 12.8 Å². The van der Waals surface area contributed by atoms with Crippen molar-refractivity contribution in [1.82, 2.24) is 24.9 Å². The molecule has 0 saturated heterocycles. The number of sulfonamides is 1. The Balaban J connectivity index is 1.59. The van der Waals surface area contributed by atoms with Gasteiger partial charge in [-0.2, -0.15) is 10.1 Å². The number of H-pyrrole nitrogens is 1. The van der Waals surface area contributed by atoms with Gasteiger partial charge in [-0.15, -0.1) is 0 Å². The van der Waals surface area contributed by atoms with Crippen molar-refractivity contribution >= 4 is 44.9 Å². The number of halogens is 2. The van der Waals surface area contributed by atoms with E-state index in [0.29, 0.717) is 22.8 Å². The highest BCUT2D eigenvalue weighted by atomic mass is 35.5. The molecule has 176 valence electrons. The van der Waals surface area contributed by atoms with E-state index in [1.807, 2.05) is 13.8 Å². The van der Waals surface area contributed by atoms with Crippen LogP contribution in [-0.4, -0.2) is 35.6 Å². The van der Waals surface area contributed by atoms with Crippen LogP contribution in [0.1, 0.15) is 11.3 Å². The fraction of sp³-hybridized carbons (Fsp3) is 0.136. The number of nitrogens with one attached hydrogen (secondary N) is 4. The Morgan fingerprint density at radius 3 is 2.44 bits per heavy atom. The average molecular weight is 502 g/mol. The molecule has 9 nitrogen and oxygen atoms in total. The third-order valence-electron chi connectivity index (χ3n) is 5.00. The van der Waals surface area contributed by atoms with Crippen LogP contribution in [0.3, 0.4) is 0 Å². The van der Waals surface area contributed by atoms with E-state index in [4.69, 9.17) is 11.6 Å². The number of aromatic amines is 1. The van der Waals surface area contributed by atoms with Gasteiger partial charge in [0.25, 0.3) is 0 Å². The first-order valence-electron chi connectivity index (χ1n) is 10.1. The summed E-state index contributed by atoms with van der Waals surface area (Å²) in [5.74, 6) is 0.468. The molecule has 0 aliphatic rings. The van der Waals surface area contributed by atoms with Crippen LogP contribution in [0.2, 0.25) is 5.02 Å². The molecule has 2 heterocycles. The zero-order valence-electron chi connectivity index (χ0n) is 18.4. The van der Waals surface area contributed by atoms with Gasteiger partial charge in [-0.3, -0.25) is 5.10 Å². The van der Waals surface area contributed by atoms with Gasteiger partial charge in [-0.1, -0.05) is 23.7 Å². The maximum Gasteiger partial charge on any atom is 0.240 e. The minimum atomic E-state index is -3.55. The molecule has 2 aromatic carbocycles. The molecule has 0 spiro atoms. The first-order chi connectivity index (χ1) is 16.2. The predicted octanol–water partition coefficient (Wildman–Crippen LogP) is 4.67. The van der Waals surface area contributed by atoms with Crippen LogP contribution < -0.4 is 15.4 Å². The first kappa shape index (κ1) is 23.6. The minimum absolute atomic E-state index is 0.129. The molecule has 0 bridgehead atoms. The fourth-order valence-corrected chi connectivity index (χ4v) is 4.13. The molecule has 0 fully saturated rings. The van der Waals surface area contributed by atoms with Crippen LogP contribution in [0.4, 0.5) is 27.7 Å². The van der Waals surface area contributed by atoms with Gasteiger partial charge in [0.05, 0.1) is 16.8 Å². The SMILES string of the molecule is CNS(=O)(=O)c1ccc(-c2cc(F)c(Nc3ncc(Cl)c(Nc4cc(C)[nH]n4)n3)cc2C)cc1. The van der Waals surface area contributed by atoms with E-state index in [1.165, 1.54) is 31.4 Å². The number of anilines is 4. The van der Waals surface area contributed by atoms with Crippen LogP contribution in [0.25, 0.3) is 11.1 Å². The van der Waals surface area contributed by atoms with Crippen molar-refractivity contribution in [3.63, 3.8) is 0 Å². The normalized spacial score (nSPS) is 11.4. The van der Waals surface area contributed by atoms with E-state index in [9.17, 15) is 12.8 Å². The van der Waals surface area contributed by atoms with Gasteiger partial charge >= 0.3 is 0 Å². The summed E-state index contributed by atoms with van der Waals surface area (Å²) < 4.78 is 41.1. The largest absolute Gasteiger partial charge is 0.322 e. The van der Waals surface area contributed by atoms with Crippen LogP contribution in [0.15, 0.2) is 53.6 Å². The van der Waals surface area contributed by atoms with Crippen molar-refractivity contribution in [2.75, 3.05) is 17.7 Å². The van der Waals surface area contributed by atoms with Gasteiger partial charge in [0.1, 0.15) is 10.8 Å². The summed E-state index contributed by atoms with van der Waals surface area (Å²) in [6.45, 7) is 3.69. The highest BCUT2D eigenvalue weighted by Crippen LogP contribution is 2.31. The lowest BCUT2D eigenvalue weighted by Gasteiger charge is -2.13. The van der Waals surface area contributed by atoms with E-state index in [-0.39, 0.29) is 21.6 Å². The molecular formula is C22H21ClFN7O2S. The molecule has 2 aromatic heterocycles. The van der Waals surface area contributed by atoms with E-state index >= 15 is 0 Å². The Morgan fingerprint density at radius 1 is 1.06 bits per heavy atom. The quantitative estimate of drug-likeness (QED) is 0.290. The van der Waals surface area contributed by atoms with Crippen molar-refractivity contribution in [3.05, 3.63) is 70.8 Å². The monoisotopic (exact) mass is 501 g/mol. The van der Waals surface area contributed by atoms with E-state index in [1.54, 1.807) is 24.3 Å². The molecule has 4 rings (SSSR count). The molecule has 4 aromatic rings. The minimum Gasteiger partial charge on any atom is -0.322 e. The molecule has 0 saturated carbocycles. The Bertz CT molecular complexity index is 1460. The molecular weight excluding hydrogens is 481 g/mol. The highest BCUT2D eigenvalue weighted by Gasteiger charge is 2.15. The molecule has 0 amide bonds. The Hall–Kier alpha value is -3.54. The van der Waals surface area contributed by atoms with Gasteiger partial charge in [-0.05, 0) is 61.9 Å². The van der Waals surface area contributed by atoms with Gasteiger partial charge in [0, 0.05) is 11.8 Å². The topological polar surface area (TPSA) is 125 Å². The van der Waals surface area contributed by atoms with Crippen LogP contribution in [0.5, 0.6) is 0 Å². The second kappa shape index (κ2) is 9.37. The summed E-state index contributed by atoms with van der Waals surface area (Å²) in [6.07, 6.45) is 1.40. The number of aryl methyl sites for hydroxylation is 2. The zero-order valence-corrected chi connectivity index (χ0v) is 20.0. The number of hydrogen-bond acceptors (Lipinski definition) is 7. The maximum atomic E-state index is 15.0. The Labute approximate surface area is 200 Å². The molecule has 4 N–H and O–H groups in total. The lowest BCUT2D eigenvalue weighted by atomic mass is 10.00. The number of hydrogen-bond donors (Lipinski definition) is 4. The summed E-state index contributed by atoms with van der Waals surface area (Å²) in [7, 11) is -2.21. The van der Waals surface area contributed by atoms with Gasteiger partial charge in [0.15, 0.2) is 11.6 Å². The molecule has 0 radical (unpaired) electrons. The number of benzene rings is 2. The Morgan fingerprint density at radius 2 is 1.79 bits per heavy atom. The van der Waals surface area contributed by atoms with Crippen molar-refractivity contribution in [2.24, 2.45) is 0 Å². The third kappa shape index (κ3) is 5.01. The molecule has 34 heavy (non-hydrogen) atoms. The number of nitrogens with zero attached hydrogens (tertiary/aromatic N) is 3. The van der Waals surface area contributed by atoms with E-state index < -0.39 is 15.8 Å². The van der Waals surface area contributed by atoms with E-state index in [0.717, 1.165) is 11.3 Å². The highest BCUT2D eigenvalue weighted by molar-refractivity contribution is 7.89. The second-order valence-electron chi connectivity index (χ2n) is 7.46. The fourth-order valence-electron chi connectivity index (χ4n) is 3.26. The van der Waals surface area contributed by atoms with Gasteiger partial charge in [-0.25, -0.2) is 22.5 Å². The summed E-state index contributed by atoms with van der Waals surface area (Å²) in [6, 6.07) is 11.0. The van der Waals surface area contributed by atoms with Crippen molar-refractivity contribution in [3.8, 4) is 11.1 Å². The van der Waals surface area contributed by atoms with E-state index in [2.05, 4.69) is 35.5 Å². The Kier molecular flexibility index (Phi) is 6.51. The van der Waals surface area contributed by atoms with Crippen LogP contribution in [0, 0.1) is 19.7 Å².